The van der Waals surface area contributed by atoms with E-state index in [1.807, 2.05) is 24.3 Å². The maximum Gasteiger partial charge on any atom is 0.159 e. The van der Waals surface area contributed by atoms with Crippen molar-refractivity contribution in [1.29, 1.82) is 0 Å². The molecule has 0 unspecified atom stereocenters. The first-order valence-electron chi connectivity index (χ1n) is 9.37. The monoisotopic (exact) mass is 435 g/mol. The molecule has 142 valence electrons. The van der Waals surface area contributed by atoms with E-state index in [2.05, 4.69) is 79.4 Å². The highest BCUT2D eigenvalue weighted by Gasteiger charge is 2.23. The van der Waals surface area contributed by atoms with E-state index in [0.29, 0.717) is 13.1 Å². The van der Waals surface area contributed by atoms with E-state index in [0.717, 1.165) is 51.7 Å². The van der Waals surface area contributed by atoms with E-state index in [9.17, 15) is 0 Å². The van der Waals surface area contributed by atoms with Crippen molar-refractivity contribution in [3.8, 4) is 5.69 Å². The van der Waals surface area contributed by atoms with Crippen LogP contribution in [0.4, 0.5) is 0 Å². The lowest BCUT2D eigenvalue weighted by molar-refractivity contribution is 0.301. The van der Waals surface area contributed by atoms with Gasteiger partial charge in [0, 0.05) is 22.1 Å². The Hall–Kier alpha value is -2.57. The Labute approximate surface area is 173 Å². The Bertz CT molecular complexity index is 1020. The second-order valence-electron chi connectivity index (χ2n) is 6.68. The molecule has 0 spiro atoms. The number of fused-ring (bicyclic) bond motifs is 3. The minimum Gasteiger partial charge on any atom is -0.293 e. The lowest BCUT2D eigenvalue weighted by atomic mass is 10.0. The molecule has 5 nitrogen and oxygen atoms in total. The first kappa shape index (κ1) is 18.8. The van der Waals surface area contributed by atoms with E-state index in [1.54, 1.807) is 0 Å². The Morgan fingerprint density at radius 1 is 1.18 bits per heavy atom. The predicted molar refractivity (Wildman–Crippen MR) is 116 cm³/mol. The van der Waals surface area contributed by atoms with Gasteiger partial charge in [-0.3, -0.25) is 14.5 Å². The number of aromatic nitrogens is 3. The van der Waals surface area contributed by atoms with Crippen molar-refractivity contribution in [2.24, 2.45) is 4.99 Å². The standard InChI is InChI=1S/C22H22BrN5/c1-3-12-27(4-2)15-21-26-25-20-14-24-22(16-8-6-5-7-9-16)18-13-17(23)10-11-19(18)28(20)21/h3,5-11,13H,1,4,12,14-15H2,2H3. The maximum absolute atomic E-state index is 4.91. The fraction of sp³-hybridized carbons (Fsp3) is 0.227. The zero-order valence-corrected chi connectivity index (χ0v) is 17.4. The number of rotatable bonds is 6. The minimum atomic E-state index is 0.497. The molecule has 0 saturated carbocycles. The zero-order valence-electron chi connectivity index (χ0n) is 15.8. The largest absolute Gasteiger partial charge is 0.293 e. The van der Waals surface area contributed by atoms with Crippen molar-refractivity contribution in [2.45, 2.75) is 20.0 Å². The van der Waals surface area contributed by atoms with Gasteiger partial charge >= 0.3 is 0 Å². The summed E-state index contributed by atoms with van der Waals surface area (Å²) < 4.78 is 3.18. The Balaban J connectivity index is 1.84. The van der Waals surface area contributed by atoms with Gasteiger partial charge in [0.2, 0.25) is 0 Å². The van der Waals surface area contributed by atoms with E-state index < -0.39 is 0 Å². The molecule has 2 heterocycles. The highest BCUT2D eigenvalue weighted by Crippen LogP contribution is 2.28. The summed E-state index contributed by atoms with van der Waals surface area (Å²) in [5.41, 5.74) is 4.22. The van der Waals surface area contributed by atoms with Crippen LogP contribution in [0.2, 0.25) is 0 Å². The van der Waals surface area contributed by atoms with Gasteiger partial charge in [-0.2, -0.15) is 0 Å². The van der Waals surface area contributed by atoms with Crippen LogP contribution in [-0.4, -0.2) is 38.5 Å². The van der Waals surface area contributed by atoms with Gasteiger partial charge in [0.1, 0.15) is 6.54 Å². The molecule has 4 rings (SSSR count). The summed E-state index contributed by atoms with van der Waals surface area (Å²) >= 11 is 3.62. The summed E-state index contributed by atoms with van der Waals surface area (Å²) in [7, 11) is 0. The number of benzene rings is 2. The van der Waals surface area contributed by atoms with E-state index >= 15 is 0 Å². The highest BCUT2D eigenvalue weighted by molar-refractivity contribution is 9.10. The Kier molecular flexibility index (Phi) is 5.50. The lowest BCUT2D eigenvalue weighted by Crippen LogP contribution is -2.25. The van der Waals surface area contributed by atoms with Crippen molar-refractivity contribution >= 4 is 21.6 Å². The third-order valence-corrected chi connectivity index (χ3v) is 5.37. The number of hydrogen-bond donors (Lipinski definition) is 0. The quantitative estimate of drug-likeness (QED) is 0.539. The molecule has 0 fully saturated rings. The molecule has 0 aliphatic carbocycles. The maximum atomic E-state index is 4.91. The SMILES string of the molecule is C=CCN(CC)Cc1nnc2n1-c1ccc(Br)cc1C(c1ccccc1)=NC2. The molecule has 0 bridgehead atoms. The van der Waals surface area contributed by atoms with Gasteiger partial charge in [0.05, 0.1) is 17.9 Å². The molecule has 3 aromatic rings. The number of halogens is 1. The van der Waals surface area contributed by atoms with E-state index in [-0.39, 0.29) is 0 Å². The topological polar surface area (TPSA) is 46.3 Å². The van der Waals surface area contributed by atoms with Gasteiger partial charge in [-0.1, -0.05) is 59.3 Å². The molecule has 1 aromatic heterocycles. The van der Waals surface area contributed by atoms with E-state index in [4.69, 9.17) is 4.99 Å². The molecule has 2 aromatic carbocycles. The third-order valence-electron chi connectivity index (χ3n) is 4.88. The predicted octanol–water partition coefficient (Wildman–Crippen LogP) is 4.39. The third kappa shape index (κ3) is 3.57. The lowest BCUT2D eigenvalue weighted by Gasteiger charge is -2.19. The van der Waals surface area contributed by atoms with E-state index in [1.165, 1.54) is 0 Å². The van der Waals surface area contributed by atoms with Crippen LogP contribution < -0.4 is 0 Å². The van der Waals surface area contributed by atoms with Crippen LogP contribution in [0.3, 0.4) is 0 Å². The Morgan fingerprint density at radius 3 is 2.75 bits per heavy atom. The molecule has 1 aliphatic heterocycles. The summed E-state index contributed by atoms with van der Waals surface area (Å²) in [5, 5.41) is 8.94. The number of likely N-dealkylation sites (N-methyl/N-ethyl adjacent to an activating group) is 1. The van der Waals surface area contributed by atoms with Gasteiger partial charge in [-0.25, -0.2) is 0 Å². The number of hydrogen-bond acceptors (Lipinski definition) is 4. The van der Waals surface area contributed by atoms with Crippen molar-refractivity contribution in [2.75, 3.05) is 13.1 Å². The Morgan fingerprint density at radius 2 is 2.00 bits per heavy atom. The summed E-state index contributed by atoms with van der Waals surface area (Å²) in [6, 6.07) is 16.6. The number of aliphatic imine (C=N–C) groups is 1. The van der Waals surface area contributed by atoms with Crippen molar-refractivity contribution in [3.05, 3.63) is 88.4 Å². The summed E-state index contributed by atoms with van der Waals surface area (Å²) in [6.07, 6.45) is 1.92. The van der Waals surface area contributed by atoms with Crippen LogP contribution in [0, 0.1) is 0 Å². The summed E-state index contributed by atoms with van der Waals surface area (Å²) in [5.74, 6) is 1.78. The molecule has 6 heteroatoms. The second-order valence-corrected chi connectivity index (χ2v) is 7.59. The normalized spacial score (nSPS) is 12.9. The van der Waals surface area contributed by atoms with Gasteiger partial charge in [0.25, 0.3) is 0 Å². The van der Waals surface area contributed by atoms with Crippen LogP contribution in [-0.2, 0) is 13.1 Å². The average Bonchev–Trinajstić information content (AvgIpc) is 3.03. The van der Waals surface area contributed by atoms with Crippen LogP contribution in [0.15, 0.2) is 70.7 Å². The molecule has 0 saturated heterocycles. The minimum absolute atomic E-state index is 0.497. The highest BCUT2D eigenvalue weighted by atomic mass is 79.9. The van der Waals surface area contributed by atoms with Gasteiger partial charge in [-0.15, -0.1) is 16.8 Å². The molecule has 0 amide bonds. The van der Waals surface area contributed by atoms with Crippen LogP contribution in [0.1, 0.15) is 29.7 Å². The molecule has 0 N–H and O–H groups in total. The molecule has 1 aliphatic rings. The summed E-state index contributed by atoms with van der Waals surface area (Å²) in [6.45, 7) is 8.96. The van der Waals surface area contributed by atoms with Gasteiger partial charge in [-0.05, 0) is 24.7 Å². The molecule has 0 radical (unpaired) electrons. The molecule has 0 atom stereocenters. The van der Waals surface area contributed by atoms with Crippen molar-refractivity contribution in [1.82, 2.24) is 19.7 Å². The number of nitrogens with zero attached hydrogens (tertiary/aromatic N) is 5. The van der Waals surface area contributed by atoms with Crippen molar-refractivity contribution in [3.63, 3.8) is 0 Å². The average molecular weight is 436 g/mol. The fourth-order valence-electron chi connectivity index (χ4n) is 3.50. The van der Waals surface area contributed by atoms with Gasteiger partial charge < -0.3 is 0 Å². The van der Waals surface area contributed by atoms with Crippen LogP contribution >= 0.6 is 15.9 Å². The molecular formula is C22H22BrN5. The van der Waals surface area contributed by atoms with Crippen LogP contribution in [0.25, 0.3) is 5.69 Å². The second kappa shape index (κ2) is 8.20. The molecule has 28 heavy (non-hydrogen) atoms. The fourth-order valence-corrected chi connectivity index (χ4v) is 3.86. The molecular weight excluding hydrogens is 414 g/mol. The smallest absolute Gasteiger partial charge is 0.159 e. The van der Waals surface area contributed by atoms with Crippen molar-refractivity contribution < 1.29 is 0 Å². The first-order chi connectivity index (χ1) is 13.7. The summed E-state index contributed by atoms with van der Waals surface area (Å²) in [4.78, 5) is 7.19. The van der Waals surface area contributed by atoms with Crippen LogP contribution in [0.5, 0.6) is 0 Å². The van der Waals surface area contributed by atoms with Gasteiger partial charge in [0.15, 0.2) is 11.6 Å². The first-order valence-corrected chi connectivity index (χ1v) is 10.2. The zero-order chi connectivity index (χ0) is 19.5.